The number of nitrogens with two attached hydrogens (primary N) is 2. The maximum absolute atomic E-state index is 12.0. The summed E-state index contributed by atoms with van der Waals surface area (Å²) in [5.41, 5.74) is 16.3. The largest absolute Gasteiger partial charge is 0.366 e. The molecule has 4 N–H and O–H groups in total. The van der Waals surface area contributed by atoms with Crippen molar-refractivity contribution in [2.75, 3.05) is 0 Å². The van der Waals surface area contributed by atoms with Crippen LogP contribution in [0, 0.1) is 0 Å². The van der Waals surface area contributed by atoms with Crippen molar-refractivity contribution in [3.8, 4) is 0 Å². The molecule has 0 bridgehead atoms. The minimum atomic E-state index is -0.442. The number of primary amides is 2. The Morgan fingerprint density at radius 3 is 2.21 bits per heavy atom. The van der Waals surface area contributed by atoms with E-state index in [1.165, 1.54) is 5.56 Å². The fraction of sp³-hybridized carbons (Fsp3) is 0.130. The van der Waals surface area contributed by atoms with E-state index in [0.717, 1.165) is 33.8 Å². The van der Waals surface area contributed by atoms with E-state index in [9.17, 15) is 9.59 Å². The van der Waals surface area contributed by atoms with Crippen molar-refractivity contribution in [1.29, 1.82) is 0 Å². The zero-order valence-electron chi connectivity index (χ0n) is 15.6. The van der Waals surface area contributed by atoms with Gasteiger partial charge >= 0.3 is 0 Å². The summed E-state index contributed by atoms with van der Waals surface area (Å²) >= 11 is 0. The predicted octanol–water partition coefficient (Wildman–Crippen LogP) is 3.60. The first-order valence-electron chi connectivity index (χ1n) is 9.22. The maximum atomic E-state index is 12.0. The summed E-state index contributed by atoms with van der Waals surface area (Å²) in [6.45, 7) is 2.72. The number of benzene rings is 3. The lowest BCUT2D eigenvalue weighted by atomic mass is 10.0. The van der Waals surface area contributed by atoms with Crippen LogP contribution >= 0.6 is 0 Å². The van der Waals surface area contributed by atoms with Crippen LogP contribution in [0.25, 0.3) is 21.8 Å². The quantitative estimate of drug-likeness (QED) is 0.561. The standard InChI is InChI=1S/C23H21N3O2/c1-2-14-8-11-17-20(12-14)26(13-15-6-9-16(10-7-15)22(24)27)19-5-3-4-18(21(17)19)23(25)28/h3-12H,2,13H2,1H3,(H2,24,27)(H2,25,28). The third kappa shape index (κ3) is 2.91. The van der Waals surface area contributed by atoms with Crippen LogP contribution in [0.4, 0.5) is 0 Å². The molecule has 1 heterocycles. The van der Waals surface area contributed by atoms with Crippen LogP contribution < -0.4 is 11.5 Å². The van der Waals surface area contributed by atoms with E-state index in [-0.39, 0.29) is 0 Å². The van der Waals surface area contributed by atoms with Crippen molar-refractivity contribution in [1.82, 2.24) is 4.57 Å². The molecular formula is C23H21N3O2. The van der Waals surface area contributed by atoms with Crippen molar-refractivity contribution < 1.29 is 9.59 Å². The van der Waals surface area contributed by atoms with Gasteiger partial charge in [0.05, 0.1) is 5.52 Å². The van der Waals surface area contributed by atoms with Crippen molar-refractivity contribution >= 4 is 33.6 Å². The third-order valence-corrected chi connectivity index (χ3v) is 5.21. The van der Waals surface area contributed by atoms with E-state index in [1.54, 1.807) is 18.2 Å². The Morgan fingerprint density at radius 1 is 0.857 bits per heavy atom. The Balaban J connectivity index is 1.95. The smallest absolute Gasteiger partial charge is 0.249 e. The summed E-state index contributed by atoms with van der Waals surface area (Å²) in [5.74, 6) is -0.878. The van der Waals surface area contributed by atoms with Crippen molar-refractivity contribution in [2.24, 2.45) is 11.5 Å². The minimum Gasteiger partial charge on any atom is -0.366 e. The SMILES string of the molecule is CCc1ccc2c3c(C(N)=O)cccc3n(Cc3ccc(C(N)=O)cc3)c2c1. The van der Waals surface area contributed by atoms with Gasteiger partial charge in [0.2, 0.25) is 11.8 Å². The number of fused-ring (bicyclic) bond motifs is 3. The average molecular weight is 371 g/mol. The Labute approximate surface area is 162 Å². The second-order valence-electron chi connectivity index (χ2n) is 6.92. The molecule has 5 nitrogen and oxygen atoms in total. The average Bonchev–Trinajstić information content (AvgIpc) is 3.01. The first-order chi connectivity index (χ1) is 13.5. The molecule has 0 fully saturated rings. The fourth-order valence-electron chi connectivity index (χ4n) is 3.74. The molecule has 0 spiro atoms. The Bertz CT molecular complexity index is 1220. The summed E-state index contributed by atoms with van der Waals surface area (Å²) in [6.07, 6.45) is 0.924. The molecule has 2 amide bonds. The molecule has 0 aliphatic rings. The number of rotatable bonds is 5. The zero-order chi connectivity index (χ0) is 19.8. The molecule has 0 saturated heterocycles. The van der Waals surface area contributed by atoms with Gasteiger partial charge in [0.1, 0.15) is 0 Å². The predicted molar refractivity (Wildman–Crippen MR) is 111 cm³/mol. The number of carbonyl (C=O) groups excluding carboxylic acids is 2. The second-order valence-corrected chi connectivity index (χ2v) is 6.92. The summed E-state index contributed by atoms with van der Waals surface area (Å²) in [5, 5.41) is 1.89. The number of nitrogens with zero attached hydrogens (tertiary/aromatic N) is 1. The van der Waals surface area contributed by atoms with E-state index in [4.69, 9.17) is 11.5 Å². The molecule has 4 aromatic rings. The molecule has 28 heavy (non-hydrogen) atoms. The third-order valence-electron chi connectivity index (χ3n) is 5.21. The Morgan fingerprint density at radius 2 is 1.57 bits per heavy atom. The molecule has 4 rings (SSSR count). The molecule has 0 aliphatic carbocycles. The van der Waals surface area contributed by atoms with Crippen molar-refractivity contribution in [3.63, 3.8) is 0 Å². The Kier molecular flexibility index (Phi) is 4.35. The van der Waals surface area contributed by atoms with Gasteiger partial charge in [-0.15, -0.1) is 0 Å². The number of hydrogen-bond donors (Lipinski definition) is 2. The topological polar surface area (TPSA) is 91.1 Å². The summed E-state index contributed by atoms with van der Waals surface area (Å²) in [4.78, 5) is 23.3. The fourth-order valence-corrected chi connectivity index (χ4v) is 3.74. The van der Waals surface area contributed by atoms with Gasteiger partial charge in [-0.25, -0.2) is 0 Å². The van der Waals surface area contributed by atoms with Crippen LogP contribution in [0.3, 0.4) is 0 Å². The Hall–Kier alpha value is -3.60. The van der Waals surface area contributed by atoms with Gasteiger partial charge in [-0.05, 0) is 47.9 Å². The molecule has 1 aromatic heterocycles. The lowest BCUT2D eigenvalue weighted by molar-refractivity contribution is 0.0992. The number of amides is 2. The van der Waals surface area contributed by atoms with E-state index in [1.807, 2.05) is 24.3 Å². The van der Waals surface area contributed by atoms with E-state index >= 15 is 0 Å². The molecule has 0 aliphatic heterocycles. The van der Waals surface area contributed by atoms with Crippen LogP contribution in [-0.4, -0.2) is 16.4 Å². The van der Waals surface area contributed by atoms with Gasteiger partial charge in [0.25, 0.3) is 0 Å². The summed E-state index contributed by atoms with van der Waals surface area (Å²) < 4.78 is 2.19. The lowest BCUT2D eigenvalue weighted by Gasteiger charge is -2.09. The lowest BCUT2D eigenvalue weighted by Crippen LogP contribution is -2.11. The van der Waals surface area contributed by atoms with Gasteiger partial charge in [0.15, 0.2) is 0 Å². The maximum Gasteiger partial charge on any atom is 0.249 e. The van der Waals surface area contributed by atoms with Gasteiger partial charge in [-0.2, -0.15) is 0 Å². The monoisotopic (exact) mass is 371 g/mol. The highest BCUT2D eigenvalue weighted by Gasteiger charge is 2.17. The van der Waals surface area contributed by atoms with Gasteiger partial charge in [-0.1, -0.05) is 37.3 Å². The molecule has 0 saturated carbocycles. The van der Waals surface area contributed by atoms with Crippen LogP contribution in [0.2, 0.25) is 0 Å². The molecular weight excluding hydrogens is 350 g/mol. The number of aromatic nitrogens is 1. The van der Waals surface area contributed by atoms with Crippen molar-refractivity contribution in [3.05, 3.63) is 82.9 Å². The van der Waals surface area contributed by atoms with Gasteiger partial charge < -0.3 is 16.0 Å². The molecule has 3 aromatic carbocycles. The summed E-state index contributed by atoms with van der Waals surface area (Å²) in [6, 6.07) is 19.2. The molecule has 0 radical (unpaired) electrons. The number of hydrogen-bond acceptors (Lipinski definition) is 2. The molecule has 5 heteroatoms. The van der Waals surface area contributed by atoms with E-state index < -0.39 is 11.8 Å². The number of carbonyl (C=O) groups is 2. The minimum absolute atomic E-state index is 0.435. The number of aryl methyl sites for hydroxylation is 1. The second kappa shape index (κ2) is 6.85. The first kappa shape index (κ1) is 17.8. The zero-order valence-corrected chi connectivity index (χ0v) is 15.6. The highest BCUT2D eigenvalue weighted by Crippen LogP contribution is 2.33. The van der Waals surface area contributed by atoms with Crippen LogP contribution in [0.5, 0.6) is 0 Å². The molecule has 0 atom stereocenters. The van der Waals surface area contributed by atoms with E-state index in [2.05, 4.69) is 29.7 Å². The van der Waals surface area contributed by atoms with Crippen LogP contribution in [0.1, 0.15) is 38.8 Å². The van der Waals surface area contributed by atoms with Crippen LogP contribution in [-0.2, 0) is 13.0 Å². The summed E-state index contributed by atoms with van der Waals surface area (Å²) in [7, 11) is 0. The normalized spacial score (nSPS) is 11.2. The molecule has 140 valence electrons. The highest BCUT2D eigenvalue weighted by molar-refractivity contribution is 6.18. The van der Waals surface area contributed by atoms with E-state index in [0.29, 0.717) is 17.7 Å². The first-order valence-corrected chi connectivity index (χ1v) is 9.22. The highest BCUT2D eigenvalue weighted by atomic mass is 16.1. The van der Waals surface area contributed by atoms with Gasteiger partial charge in [-0.3, -0.25) is 9.59 Å². The van der Waals surface area contributed by atoms with Crippen molar-refractivity contribution in [2.45, 2.75) is 19.9 Å². The molecule has 0 unspecified atom stereocenters. The van der Waals surface area contributed by atoms with Gasteiger partial charge in [0, 0.05) is 34.0 Å². The van der Waals surface area contributed by atoms with Crippen LogP contribution in [0.15, 0.2) is 60.7 Å².